The number of halogens is 1. The molecule has 0 N–H and O–H groups in total. The Morgan fingerprint density at radius 1 is 0.870 bits per heavy atom. The van der Waals surface area contributed by atoms with E-state index in [4.69, 9.17) is 26.1 Å². The minimum atomic E-state index is 0.688. The number of aromatic nitrogens is 1. The number of rotatable bonds is 6. The number of ether oxygens (including phenoxy) is 2. The summed E-state index contributed by atoms with van der Waals surface area (Å²) in [5.41, 5.74) is 3.27. The lowest BCUT2D eigenvalue weighted by molar-refractivity contribution is 0.415. The first-order chi connectivity index (χ1) is 11.3. The lowest BCUT2D eigenvalue weighted by Gasteiger charge is -2.13. The van der Waals surface area contributed by atoms with Gasteiger partial charge in [0.15, 0.2) is 0 Å². The highest BCUT2D eigenvalue weighted by Gasteiger charge is 2.11. The zero-order valence-corrected chi connectivity index (χ0v) is 14.2. The van der Waals surface area contributed by atoms with E-state index in [1.54, 1.807) is 14.2 Å². The van der Waals surface area contributed by atoms with Crippen LogP contribution in [0.3, 0.4) is 0 Å². The van der Waals surface area contributed by atoms with E-state index in [2.05, 4.69) is 12.1 Å². The third-order valence-electron chi connectivity index (χ3n) is 4.11. The SMILES string of the molecule is COc1ccc2nc3ccc(OC)cc3c(CCCCCl)c2c1. The summed E-state index contributed by atoms with van der Waals surface area (Å²) < 4.78 is 10.8. The Labute approximate surface area is 141 Å². The van der Waals surface area contributed by atoms with E-state index in [9.17, 15) is 0 Å². The second-order valence-electron chi connectivity index (χ2n) is 5.50. The minimum Gasteiger partial charge on any atom is -0.497 e. The van der Waals surface area contributed by atoms with E-state index in [1.807, 2.05) is 24.3 Å². The molecule has 0 aliphatic rings. The van der Waals surface area contributed by atoms with Crippen molar-refractivity contribution in [2.75, 3.05) is 20.1 Å². The van der Waals surface area contributed by atoms with E-state index in [0.29, 0.717) is 5.88 Å². The van der Waals surface area contributed by atoms with Crippen LogP contribution in [0.25, 0.3) is 21.8 Å². The molecule has 1 heterocycles. The molecule has 0 aliphatic heterocycles. The van der Waals surface area contributed by atoms with Gasteiger partial charge >= 0.3 is 0 Å². The molecule has 23 heavy (non-hydrogen) atoms. The minimum absolute atomic E-state index is 0.688. The van der Waals surface area contributed by atoms with E-state index < -0.39 is 0 Å². The highest BCUT2D eigenvalue weighted by atomic mass is 35.5. The number of fused-ring (bicyclic) bond motifs is 2. The van der Waals surface area contributed by atoms with E-state index >= 15 is 0 Å². The van der Waals surface area contributed by atoms with Crippen molar-refractivity contribution in [3.63, 3.8) is 0 Å². The van der Waals surface area contributed by atoms with E-state index in [0.717, 1.165) is 52.6 Å². The second-order valence-corrected chi connectivity index (χ2v) is 5.88. The van der Waals surface area contributed by atoms with Crippen LogP contribution in [0.5, 0.6) is 11.5 Å². The van der Waals surface area contributed by atoms with Crippen molar-refractivity contribution in [3.05, 3.63) is 42.0 Å². The summed E-state index contributed by atoms with van der Waals surface area (Å²) in [4.78, 5) is 4.78. The largest absolute Gasteiger partial charge is 0.497 e. The molecule has 0 aliphatic carbocycles. The van der Waals surface area contributed by atoms with Crippen LogP contribution in [0.4, 0.5) is 0 Å². The maximum atomic E-state index is 5.85. The van der Waals surface area contributed by atoms with Gasteiger partial charge in [-0.15, -0.1) is 11.6 Å². The molecule has 120 valence electrons. The highest BCUT2D eigenvalue weighted by molar-refractivity contribution is 6.17. The summed E-state index contributed by atoms with van der Waals surface area (Å²) in [5.74, 6) is 2.38. The molecule has 0 unspecified atom stereocenters. The summed E-state index contributed by atoms with van der Waals surface area (Å²) in [6, 6.07) is 12.1. The molecular weight excluding hydrogens is 310 g/mol. The molecule has 0 bridgehead atoms. The summed E-state index contributed by atoms with van der Waals surface area (Å²) in [5, 5.41) is 2.28. The Kier molecular flexibility index (Phi) is 4.87. The van der Waals surface area contributed by atoms with Crippen molar-refractivity contribution >= 4 is 33.4 Å². The molecule has 3 rings (SSSR count). The van der Waals surface area contributed by atoms with Crippen LogP contribution in [-0.2, 0) is 6.42 Å². The monoisotopic (exact) mass is 329 g/mol. The Bertz CT molecular complexity index is 770. The quantitative estimate of drug-likeness (QED) is 0.363. The van der Waals surface area contributed by atoms with Crippen molar-refractivity contribution in [2.24, 2.45) is 0 Å². The number of alkyl halides is 1. The zero-order chi connectivity index (χ0) is 16.2. The molecular formula is C19H20ClNO2. The van der Waals surface area contributed by atoms with Crippen molar-refractivity contribution in [3.8, 4) is 11.5 Å². The van der Waals surface area contributed by atoms with Gasteiger partial charge in [-0.05, 0) is 61.2 Å². The molecule has 0 spiro atoms. The molecule has 0 amide bonds. The van der Waals surface area contributed by atoms with Crippen LogP contribution in [0.1, 0.15) is 18.4 Å². The maximum Gasteiger partial charge on any atom is 0.119 e. The standard InChI is InChI=1S/C19H20ClNO2/c1-22-13-6-8-18-16(11-13)15(5-3-4-10-20)17-12-14(23-2)7-9-19(17)21-18/h6-9,11-12H,3-5,10H2,1-2H3. The molecule has 0 radical (unpaired) electrons. The molecule has 3 nitrogen and oxygen atoms in total. The van der Waals surface area contributed by atoms with Gasteiger partial charge in [-0.25, -0.2) is 4.98 Å². The highest BCUT2D eigenvalue weighted by Crippen LogP contribution is 2.32. The topological polar surface area (TPSA) is 31.4 Å². The fourth-order valence-corrected chi connectivity index (χ4v) is 3.09. The Hall–Kier alpha value is -2.00. The van der Waals surface area contributed by atoms with E-state index in [-0.39, 0.29) is 0 Å². The van der Waals surface area contributed by atoms with E-state index in [1.165, 1.54) is 5.56 Å². The number of hydrogen-bond acceptors (Lipinski definition) is 3. The lowest BCUT2D eigenvalue weighted by Crippen LogP contribution is -1.96. The van der Waals surface area contributed by atoms with Gasteiger partial charge in [0.2, 0.25) is 0 Å². The Balaban J connectivity index is 2.25. The van der Waals surface area contributed by atoms with Crippen molar-refractivity contribution < 1.29 is 9.47 Å². The number of benzene rings is 2. The van der Waals surface area contributed by atoms with Gasteiger partial charge in [0.25, 0.3) is 0 Å². The first kappa shape index (κ1) is 15.9. The molecule has 0 fully saturated rings. The summed E-state index contributed by atoms with van der Waals surface area (Å²) in [7, 11) is 3.37. The second kappa shape index (κ2) is 7.05. The number of hydrogen-bond donors (Lipinski definition) is 0. The molecule has 0 saturated heterocycles. The van der Waals surface area contributed by atoms with Crippen molar-refractivity contribution in [1.29, 1.82) is 0 Å². The fourth-order valence-electron chi connectivity index (χ4n) is 2.90. The summed E-state index contributed by atoms with van der Waals surface area (Å²) in [6.45, 7) is 0. The third kappa shape index (κ3) is 3.20. The van der Waals surface area contributed by atoms with Gasteiger partial charge < -0.3 is 9.47 Å². The number of unbranched alkanes of at least 4 members (excludes halogenated alkanes) is 1. The maximum absolute atomic E-state index is 5.85. The first-order valence-corrected chi connectivity index (χ1v) is 8.30. The van der Waals surface area contributed by atoms with Crippen LogP contribution < -0.4 is 9.47 Å². The predicted molar refractivity (Wildman–Crippen MR) is 96.0 cm³/mol. The number of pyridine rings is 1. The van der Waals surface area contributed by atoms with Gasteiger partial charge in [0.1, 0.15) is 11.5 Å². The summed E-state index contributed by atoms with van der Waals surface area (Å²) >= 11 is 5.85. The van der Waals surface area contributed by atoms with Gasteiger partial charge in [-0.3, -0.25) is 0 Å². The first-order valence-electron chi connectivity index (χ1n) is 7.77. The van der Waals surface area contributed by atoms with Crippen molar-refractivity contribution in [2.45, 2.75) is 19.3 Å². The van der Waals surface area contributed by atoms with Gasteiger partial charge in [-0.2, -0.15) is 0 Å². The van der Waals surface area contributed by atoms with Crippen molar-refractivity contribution in [1.82, 2.24) is 4.98 Å². The molecule has 0 atom stereocenters. The van der Waals surface area contributed by atoms with Crippen LogP contribution in [0.15, 0.2) is 36.4 Å². The summed E-state index contributed by atoms with van der Waals surface area (Å²) in [6.07, 6.45) is 3.01. The molecule has 3 aromatic rings. The Morgan fingerprint density at radius 3 is 1.91 bits per heavy atom. The smallest absolute Gasteiger partial charge is 0.119 e. The predicted octanol–water partition coefficient (Wildman–Crippen LogP) is 4.97. The molecule has 2 aromatic carbocycles. The molecule has 4 heteroatoms. The fraction of sp³-hybridized carbons (Fsp3) is 0.316. The molecule has 0 saturated carbocycles. The number of aryl methyl sites for hydroxylation is 1. The zero-order valence-electron chi connectivity index (χ0n) is 13.4. The van der Waals surface area contributed by atoms with Gasteiger partial charge in [0, 0.05) is 16.7 Å². The van der Waals surface area contributed by atoms with Gasteiger partial charge in [-0.1, -0.05) is 0 Å². The van der Waals surface area contributed by atoms with Crippen LogP contribution in [0.2, 0.25) is 0 Å². The number of methoxy groups -OCH3 is 2. The average molecular weight is 330 g/mol. The van der Waals surface area contributed by atoms with Crippen LogP contribution >= 0.6 is 11.6 Å². The van der Waals surface area contributed by atoms with Crippen LogP contribution in [0, 0.1) is 0 Å². The van der Waals surface area contributed by atoms with Crippen LogP contribution in [-0.4, -0.2) is 25.1 Å². The third-order valence-corrected chi connectivity index (χ3v) is 4.38. The Morgan fingerprint density at radius 2 is 1.43 bits per heavy atom. The number of nitrogens with zero attached hydrogens (tertiary/aromatic N) is 1. The average Bonchev–Trinajstić information content (AvgIpc) is 2.60. The normalized spacial score (nSPS) is 11.1. The van der Waals surface area contributed by atoms with Gasteiger partial charge in [0.05, 0.1) is 25.3 Å². The lowest BCUT2D eigenvalue weighted by atomic mass is 9.97. The molecule has 1 aromatic heterocycles.